The molecule has 1 aromatic carbocycles. The van der Waals surface area contributed by atoms with Gasteiger partial charge in [0.15, 0.2) is 4.87 Å². The Morgan fingerprint density at radius 2 is 1.95 bits per heavy atom. The summed E-state index contributed by atoms with van der Waals surface area (Å²) in [6.45, 7) is 1.87. The van der Waals surface area contributed by atoms with Gasteiger partial charge in [0.1, 0.15) is 11.5 Å². The number of nitroso groups, excluding NO2 is 1. The summed E-state index contributed by atoms with van der Waals surface area (Å²) in [5.74, 6) is 0. The molecule has 5 nitrogen and oxygen atoms in total. The molecule has 19 heavy (non-hydrogen) atoms. The Morgan fingerprint density at radius 3 is 2.68 bits per heavy atom. The van der Waals surface area contributed by atoms with Crippen LogP contribution in [0.25, 0.3) is 11.0 Å². The van der Waals surface area contributed by atoms with E-state index in [-0.39, 0.29) is 0 Å². The number of rotatable bonds is 2. The fraction of sp³-hybridized carbons (Fsp3) is 0.0769. The molecule has 3 aromatic rings. The second kappa shape index (κ2) is 4.44. The predicted molar refractivity (Wildman–Crippen MR) is 74.3 cm³/mol. The molecule has 3 rings (SSSR count). The van der Waals surface area contributed by atoms with Gasteiger partial charge in [0, 0.05) is 12.1 Å². The van der Waals surface area contributed by atoms with Crippen molar-refractivity contribution in [3.63, 3.8) is 0 Å². The molecule has 0 aliphatic rings. The number of halogens is 1. The monoisotopic (exact) mass is 273 g/mol. The van der Waals surface area contributed by atoms with E-state index in [0.717, 1.165) is 10.4 Å². The highest BCUT2D eigenvalue weighted by molar-refractivity contribution is 6.34. The second-order valence-corrected chi connectivity index (χ2v) is 4.49. The van der Waals surface area contributed by atoms with Crippen LogP contribution in [0.15, 0.2) is 42.9 Å². The quantitative estimate of drug-likeness (QED) is 0.532. The average molecular weight is 274 g/mol. The van der Waals surface area contributed by atoms with Gasteiger partial charge in [0.2, 0.25) is 5.65 Å². The van der Waals surface area contributed by atoms with Gasteiger partial charge in [-0.25, -0.2) is 9.97 Å². The molecule has 0 amide bonds. The lowest BCUT2D eigenvalue weighted by Gasteiger charge is -1.95. The highest BCUT2D eigenvalue weighted by Gasteiger charge is 2.22. The van der Waals surface area contributed by atoms with Crippen LogP contribution in [0.2, 0.25) is 5.15 Å². The smallest absolute Gasteiger partial charge is 0.224 e. The SMILES string of the molecule is Cc1cn([N+](=O)c2ccccc2)c2ncnc(Cl)c12. The van der Waals surface area contributed by atoms with Crippen LogP contribution in [0.1, 0.15) is 5.56 Å². The fourth-order valence-corrected chi connectivity index (χ4v) is 2.27. The van der Waals surface area contributed by atoms with Crippen molar-refractivity contribution in [1.29, 1.82) is 0 Å². The van der Waals surface area contributed by atoms with E-state index in [1.165, 1.54) is 11.0 Å². The molecule has 0 bridgehead atoms. The van der Waals surface area contributed by atoms with E-state index < -0.39 is 0 Å². The zero-order valence-electron chi connectivity index (χ0n) is 10.1. The third kappa shape index (κ3) is 1.88. The Balaban J connectivity index is 2.22. The summed E-state index contributed by atoms with van der Waals surface area (Å²) in [5, 5.41) is 1.05. The van der Waals surface area contributed by atoms with Crippen molar-refractivity contribution < 1.29 is 0 Å². The van der Waals surface area contributed by atoms with Gasteiger partial charge in [0.25, 0.3) is 5.69 Å². The Hall–Kier alpha value is -2.27. The van der Waals surface area contributed by atoms with Crippen LogP contribution in [-0.4, -0.2) is 14.6 Å². The Kier molecular flexibility index (Phi) is 2.76. The van der Waals surface area contributed by atoms with E-state index in [9.17, 15) is 4.91 Å². The number of hydrogen-bond acceptors (Lipinski definition) is 3. The summed E-state index contributed by atoms with van der Waals surface area (Å²) in [6, 6.07) is 8.94. The molecule has 0 spiro atoms. The largest absolute Gasteiger partial charge is 0.293 e. The van der Waals surface area contributed by atoms with Gasteiger partial charge in [0.05, 0.1) is 16.5 Å². The normalized spacial score (nSPS) is 10.8. The zero-order valence-corrected chi connectivity index (χ0v) is 10.9. The van der Waals surface area contributed by atoms with Gasteiger partial charge >= 0.3 is 0 Å². The first-order valence-electron chi connectivity index (χ1n) is 5.69. The molecule has 94 valence electrons. The van der Waals surface area contributed by atoms with Gasteiger partial charge in [-0.2, -0.15) is 0 Å². The lowest BCUT2D eigenvalue weighted by atomic mass is 10.3. The number of benzene rings is 1. The first-order chi connectivity index (χ1) is 9.18. The Morgan fingerprint density at radius 1 is 1.21 bits per heavy atom. The van der Waals surface area contributed by atoms with E-state index in [1.54, 1.807) is 30.5 Å². The molecular weight excluding hydrogens is 264 g/mol. The molecule has 0 N–H and O–H groups in total. The molecule has 0 saturated carbocycles. The van der Waals surface area contributed by atoms with Crippen LogP contribution in [0.3, 0.4) is 0 Å². The Bertz CT molecular complexity index is 767. The van der Waals surface area contributed by atoms with Gasteiger partial charge in [-0.1, -0.05) is 34.5 Å². The topological polar surface area (TPSA) is 50.8 Å². The van der Waals surface area contributed by atoms with Crippen LogP contribution in [0.4, 0.5) is 5.69 Å². The van der Waals surface area contributed by atoms with Gasteiger partial charge in [-0.3, -0.25) is 0 Å². The number of para-hydroxylation sites is 1. The van der Waals surface area contributed by atoms with Crippen molar-refractivity contribution in [2.75, 3.05) is 0 Å². The van der Waals surface area contributed by atoms with E-state index in [1.807, 2.05) is 13.0 Å². The van der Waals surface area contributed by atoms with E-state index in [4.69, 9.17) is 11.6 Å². The number of hydrogen-bond donors (Lipinski definition) is 0. The van der Waals surface area contributed by atoms with Crippen LogP contribution in [0.5, 0.6) is 0 Å². The van der Waals surface area contributed by atoms with Crippen LogP contribution in [-0.2, 0) is 0 Å². The lowest BCUT2D eigenvalue weighted by molar-refractivity contribution is 0.654. The lowest BCUT2D eigenvalue weighted by Crippen LogP contribution is -2.14. The van der Waals surface area contributed by atoms with Crippen molar-refractivity contribution in [3.8, 4) is 0 Å². The third-order valence-electron chi connectivity index (χ3n) is 2.88. The minimum atomic E-state index is 0.350. The van der Waals surface area contributed by atoms with Crippen LogP contribution < -0.4 is 4.87 Å². The maximum absolute atomic E-state index is 12.4. The van der Waals surface area contributed by atoms with E-state index in [0.29, 0.717) is 21.9 Å². The minimum Gasteiger partial charge on any atom is -0.224 e. The molecular formula is C13H10ClN4O+. The van der Waals surface area contributed by atoms with E-state index in [2.05, 4.69) is 9.97 Å². The molecule has 0 aliphatic heterocycles. The maximum Gasteiger partial charge on any atom is 0.293 e. The molecule has 0 atom stereocenters. The number of aryl methyl sites for hydroxylation is 1. The summed E-state index contributed by atoms with van der Waals surface area (Å²) < 4.78 is 1.42. The first-order valence-corrected chi connectivity index (χ1v) is 6.07. The van der Waals surface area contributed by atoms with Crippen LogP contribution in [0, 0.1) is 11.8 Å². The summed E-state index contributed by atoms with van der Waals surface area (Å²) in [6.07, 6.45) is 3.05. The predicted octanol–water partition coefficient (Wildman–Crippen LogP) is 3.13. The number of nitrogens with zero attached hydrogens (tertiary/aromatic N) is 4. The molecule has 2 heterocycles. The average Bonchev–Trinajstić information content (AvgIpc) is 2.78. The molecule has 0 aliphatic carbocycles. The minimum absolute atomic E-state index is 0.350. The second-order valence-electron chi connectivity index (χ2n) is 4.13. The summed E-state index contributed by atoms with van der Waals surface area (Å²) in [7, 11) is 0. The van der Waals surface area contributed by atoms with Gasteiger partial charge in [-0.15, -0.1) is 0 Å². The Labute approximate surface area is 114 Å². The first kappa shape index (κ1) is 11.8. The number of fused-ring (bicyclic) bond motifs is 1. The van der Waals surface area contributed by atoms with Gasteiger partial charge < -0.3 is 0 Å². The van der Waals surface area contributed by atoms with Crippen molar-refractivity contribution in [1.82, 2.24) is 19.5 Å². The van der Waals surface area contributed by atoms with Gasteiger partial charge in [-0.05, 0) is 12.5 Å². The van der Waals surface area contributed by atoms with Crippen molar-refractivity contribution in [3.05, 3.63) is 58.5 Å². The van der Waals surface area contributed by atoms with Crippen molar-refractivity contribution in [2.24, 2.45) is 0 Å². The molecule has 0 saturated heterocycles. The van der Waals surface area contributed by atoms with Crippen molar-refractivity contribution in [2.45, 2.75) is 6.92 Å². The molecule has 0 unspecified atom stereocenters. The summed E-state index contributed by atoms with van der Waals surface area (Å²) in [4.78, 5) is 21.2. The third-order valence-corrected chi connectivity index (χ3v) is 3.17. The molecule has 2 aromatic heterocycles. The number of aromatic nitrogens is 3. The van der Waals surface area contributed by atoms with Crippen molar-refractivity contribution >= 4 is 28.3 Å². The fourth-order valence-electron chi connectivity index (χ4n) is 2.00. The zero-order chi connectivity index (χ0) is 13.4. The van der Waals surface area contributed by atoms with Crippen LogP contribution >= 0.6 is 11.6 Å². The highest BCUT2D eigenvalue weighted by Crippen LogP contribution is 2.25. The standard InChI is InChI=1S/C13H10ClN4O/c1-9-7-17(13-11(9)12(14)15-8-16-13)18(19)10-5-3-2-4-6-10/h2-8H,1H3/q+1. The summed E-state index contributed by atoms with van der Waals surface area (Å²) in [5.41, 5.74) is 1.88. The molecule has 0 radical (unpaired) electrons. The molecule has 0 fully saturated rings. The maximum atomic E-state index is 12.4. The summed E-state index contributed by atoms with van der Waals surface area (Å²) >= 11 is 6.04. The molecule has 6 heteroatoms. The highest BCUT2D eigenvalue weighted by atomic mass is 35.5. The van der Waals surface area contributed by atoms with E-state index >= 15 is 0 Å².